The summed E-state index contributed by atoms with van der Waals surface area (Å²) in [6.07, 6.45) is 6.70. The van der Waals surface area contributed by atoms with Crippen molar-refractivity contribution in [2.45, 2.75) is 230 Å². The average molecular weight is 791 g/mol. The molecule has 324 valence electrons. The van der Waals surface area contributed by atoms with E-state index in [2.05, 4.69) is 27.7 Å². The molecular formula is C42H78O13. The lowest BCUT2D eigenvalue weighted by Crippen LogP contribution is -2.64. The molecule has 6 N–H and O–H groups in total. The fraction of sp³-hybridized carbons (Fsp3) is 0.952. The zero-order valence-corrected chi connectivity index (χ0v) is 34.4. The molecule has 13 nitrogen and oxygen atoms in total. The van der Waals surface area contributed by atoms with E-state index in [1.807, 2.05) is 0 Å². The van der Waals surface area contributed by atoms with Crippen molar-refractivity contribution in [1.29, 1.82) is 0 Å². The summed E-state index contributed by atoms with van der Waals surface area (Å²) in [5.74, 6) is 0.550. The van der Waals surface area contributed by atoms with E-state index >= 15 is 0 Å². The summed E-state index contributed by atoms with van der Waals surface area (Å²) in [6.45, 7) is 8.17. The minimum Gasteiger partial charge on any atom is -0.463 e. The Bertz CT molecular complexity index is 920. The van der Waals surface area contributed by atoms with Crippen LogP contribution >= 0.6 is 0 Å². The van der Waals surface area contributed by atoms with Crippen LogP contribution in [0.3, 0.4) is 0 Å². The van der Waals surface area contributed by atoms with E-state index in [1.165, 1.54) is 77.0 Å². The number of carbonyl (C=O) groups is 2. The maximum atomic E-state index is 12.4. The molecule has 2 heterocycles. The van der Waals surface area contributed by atoms with Crippen molar-refractivity contribution in [3.63, 3.8) is 0 Å². The number of hydrogen-bond acceptors (Lipinski definition) is 13. The van der Waals surface area contributed by atoms with Gasteiger partial charge in [0.15, 0.2) is 12.6 Å². The fourth-order valence-electron chi connectivity index (χ4n) is 7.08. The molecule has 2 aliphatic heterocycles. The van der Waals surface area contributed by atoms with Crippen LogP contribution in [0, 0.1) is 11.8 Å². The second-order valence-electron chi connectivity index (χ2n) is 16.8. The fourth-order valence-corrected chi connectivity index (χ4v) is 7.08. The number of esters is 2. The van der Waals surface area contributed by atoms with E-state index in [0.717, 1.165) is 50.4 Å². The first-order valence-corrected chi connectivity index (χ1v) is 21.7. The van der Waals surface area contributed by atoms with Crippen molar-refractivity contribution >= 4 is 11.9 Å². The number of ether oxygens (including phenoxy) is 5. The van der Waals surface area contributed by atoms with Gasteiger partial charge in [0.2, 0.25) is 0 Å². The van der Waals surface area contributed by atoms with Crippen LogP contribution in [0.25, 0.3) is 0 Å². The van der Waals surface area contributed by atoms with Crippen molar-refractivity contribution < 1.29 is 63.9 Å². The van der Waals surface area contributed by atoms with Gasteiger partial charge in [-0.25, -0.2) is 0 Å². The van der Waals surface area contributed by atoms with Crippen molar-refractivity contribution in [2.75, 3.05) is 13.2 Å². The monoisotopic (exact) mass is 791 g/mol. The van der Waals surface area contributed by atoms with E-state index in [0.29, 0.717) is 12.8 Å². The van der Waals surface area contributed by atoms with Crippen LogP contribution in [-0.4, -0.2) is 117 Å². The minimum absolute atomic E-state index is 0.191. The van der Waals surface area contributed by atoms with E-state index in [9.17, 15) is 40.2 Å². The Labute approximate surface area is 330 Å². The van der Waals surface area contributed by atoms with Crippen molar-refractivity contribution in [1.82, 2.24) is 0 Å². The summed E-state index contributed by atoms with van der Waals surface area (Å²) in [7, 11) is 0. The molecule has 0 radical (unpaired) electrons. The zero-order chi connectivity index (χ0) is 40.6. The van der Waals surface area contributed by atoms with Gasteiger partial charge in [-0.1, -0.05) is 143 Å². The third-order valence-electron chi connectivity index (χ3n) is 10.7. The second kappa shape index (κ2) is 28.9. The molecule has 0 spiro atoms. The van der Waals surface area contributed by atoms with Gasteiger partial charge in [-0.2, -0.15) is 0 Å². The largest absolute Gasteiger partial charge is 0.463 e. The van der Waals surface area contributed by atoms with E-state index in [1.54, 1.807) is 0 Å². The Morgan fingerprint density at radius 3 is 1.04 bits per heavy atom. The highest BCUT2D eigenvalue weighted by molar-refractivity contribution is 5.69. The molecule has 0 aromatic rings. The smallest absolute Gasteiger partial charge is 0.305 e. The molecule has 6 unspecified atom stereocenters. The van der Waals surface area contributed by atoms with Crippen molar-refractivity contribution in [3.05, 3.63) is 0 Å². The molecule has 10 atom stereocenters. The van der Waals surface area contributed by atoms with Gasteiger partial charge in [0.25, 0.3) is 0 Å². The van der Waals surface area contributed by atoms with Crippen LogP contribution in [0.1, 0.15) is 169 Å². The Balaban J connectivity index is 1.68. The maximum Gasteiger partial charge on any atom is 0.305 e. The van der Waals surface area contributed by atoms with Crippen LogP contribution in [0.4, 0.5) is 0 Å². The van der Waals surface area contributed by atoms with Gasteiger partial charge < -0.3 is 54.3 Å². The topological polar surface area (TPSA) is 202 Å². The summed E-state index contributed by atoms with van der Waals surface area (Å²) < 4.78 is 27.4. The van der Waals surface area contributed by atoms with Crippen LogP contribution < -0.4 is 0 Å². The Morgan fingerprint density at radius 2 is 0.727 bits per heavy atom. The first-order chi connectivity index (χ1) is 26.3. The molecule has 0 saturated carbocycles. The molecular weight excluding hydrogens is 712 g/mol. The van der Waals surface area contributed by atoms with E-state index in [-0.39, 0.29) is 12.8 Å². The highest BCUT2D eigenvalue weighted by atomic mass is 16.8. The lowest BCUT2D eigenvalue weighted by Gasteiger charge is -2.44. The summed E-state index contributed by atoms with van der Waals surface area (Å²) in [6, 6.07) is 0. The summed E-state index contributed by atoms with van der Waals surface area (Å²) in [4.78, 5) is 24.8. The Hall–Kier alpha value is -1.42. The Morgan fingerprint density at radius 1 is 0.436 bits per heavy atom. The third-order valence-corrected chi connectivity index (χ3v) is 10.7. The van der Waals surface area contributed by atoms with Gasteiger partial charge in [-0.15, -0.1) is 0 Å². The van der Waals surface area contributed by atoms with E-state index < -0.39 is 86.6 Å². The van der Waals surface area contributed by atoms with Crippen molar-refractivity contribution in [2.24, 2.45) is 11.8 Å². The number of carbonyl (C=O) groups excluding carboxylic acids is 2. The molecule has 2 fully saturated rings. The normalized spacial score (nSPS) is 28.5. The number of hydrogen-bond donors (Lipinski definition) is 6. The second-order valence-corrected chi connectivity index (χ2v) is 16.8. The SMILES string of the molecule is CC(C)CCCCCCCCCCCC(=O)OCC1O[C@H](O[C@H]2OC(COC(=O)CCCCCCCCCCCC(C)C)[C@@H](O)C(O)C2O)C(O)C(O)[C@@H]1O. The first kappa shape index (κ1) is 49.7. The number of aliphatic hydroxyl groups excluding tert-OH is 6. The van der Waals surface area contributed by atoms with E-state index in [4.69, 9.17) is 23.7 Å². The van der Waals surface area contributed by atoms with Crippen LogP contribution in [0.2, 0.25) is 0 Å². The van der Waals surface area contributed by atoms with Gasteiger partial charge in [-0.3, -0.25) is 9.59 Å². The lowest BCUT2D eigenvalue weighted by atomic mass is 9.98. The molecule has 2 saturated heterocycles. The van der Waals surface area contributed by atoms with Crippen LogP contribution in [0.15, 0.2) is 0 Å². The summed E-state index contributed by atoms with van der Waals surface area (Å²) in [5, 5.41) is 63.2. The van der Waals surface area contributed by atoms with Crippen LogP contribution in [-0.2, 0) is 33.3 Å². The first-order valence-electron chi connectivity index (χ1n) is 21.7. The molecule has 0 aromatic heterocycles. The third kappa shape index (κ3) is 20.7. The quantitative estimate of drug-likeness (QED) is 0.0388. The number of rotatable bonds is 30. The maximum absolute atomic E-state index is 12.4. The molecule has 2 rings (SSSR count). The summed E-state index contributed by atoms with van der Waals surface area (Å²) >= 11 is 0. The summed E-state index contributed by atoms with van der Waals surface area (Å²) in [5.41, 5.74) is 0. The standard InChI is InChI=1S/C42H78O13/c1-29(2)23-19-15-11-7-5-9-13-17-21-25-33(43)51-27-31-35(45)37(47)39(49)41(53-31)55-42-40(50)38(48)36(46)32(54-42)28-52-34(44)26-22-18-14-10-6-8-12-16-20-24-30(3)4/h29-32,35-42,45-50H,5-28H2,1-4H3/t31?,32?,35-,36-,37?,38?,39?,40?,41-,42-/m1/s1. The average Bonchev–Trinajstić information content (AvgIpc) is 3.14. The van der Waals surface area contributed by atoms with Gasteiger partial charge in [0.1, 0.15) is 62.0 Å². The predicted octanol–water partition coefficient (Wildman–Crippen LogP) is 5.60. The molecule has 0 amide bonds. The van der Waals surface area contributed by atoms with Gasteiger partial charge in [-0.05, 0) is 24.7 Å². The molecule has 0 bridgehead atoms. The Kier molecular flexibility index (Phi) is 26.1. The van der Waals surface area contributed by atoms with Gasteiger partial charge >= 0.3 is 11.9 Å². The zero-order valence-electron chi connectivity index (χ0n) is 34.4. The molecule has 0 aliphatic carbocycles. The number of aliphatic hydroxyl groups is 6. The van der Waals surface area contributed by atoms with Gasteiger partial charge in [0.05, 0.1) is 0 Å². The van der Waals surface area contributed by atoms with Gasteiger partial charge in [0, 0.05) is 12.8 Å². The lowest BCUT2D eigenvalue weighted by molar-refractivity contribution is -0.376. The van der Waals surface area contributed by atoms with Crippen molar-refractivity contribution in [3.8, 4) is 0 Å². The molecule has 0 aromatic carbocycles. The van der Waals surface area contributed by atoms with Crippen LogP contribution in [0.5, 0.6) is 0 Å². The highest BCUT2D eigenvalue weighted by Crippen LogP contribution is 2.29. The molecule has 13 heteroatoms. The molecule has 2 aliphatic rings. The highest BCUT2D eigenvalue weighted by Gasteiger charge is 2.50. The molecule has 55 heavy (non-hydrogen) atoms. The number of unbranched alkanes of at least 4 members (excludes halogenated alkanes) is 16. The minimum atomic E-state index is -1.80. The predicted molar refractivity (Wildman–Crippen MR) is 208 cm³/mol.